The van der Waals surface area contributed by atoms with E-state index in [0.29, 0.717) is 22.3 Å². The molecular formula is C23H19ClN2OS2. The summed E-state index contributed by atoms with van der Waals surface area (Å²) < 4.78 is 1.02. The van der Waals surface area contributed by atoms with Crippen molar-refractivity contribution in [3.05, 3.63) is 88.4 Å². The molecule has 1 aromatic heterocycles. The third kappa shape index (κ3) is 4.04. The average Bonchev–Trinajstić information content (AvgIpc) is 3.19. The van der Waals surface area contributed by atoms with Crippen molar-refractivity contribution in [1.82, 2.24) is 4.98 Å². The van der Waals surface area contributed by atoms with Gasteiger partial charge in [-0.2, -0.15) is 0 Å². The first-order valence-electron chi connectivity index (χ1n) is 9.13. The number of halogens is 1. The number of fused-ring (bicyclic) bond motifs is 1. The lowest BCUT2D eigenvalue weighted by atomic mass is 10.1. The maximum absolute atomic E-state index is 13.6. The van der Waals surface area contributed by atoms with Crippen LogP contribution in [0.2, 0.25) is 5.02 Å². The van der Waals surface area contributed by atoms with Crippen LogP contribution in [0.25, 0.3) is 10.2 Å². The number of hydrogen-bond donors (Lipinski definition) is 0. The van der Waals surface area contributed by atoms with E-state index in [2.05, 4.69) is 0 Å². The first-order chi connectivity index (χ1) is 14.1. The molecule has 0 bridgehead atoms. The normalized spacial score (nSPS) is 11.0. The first kappa shape index (κ1) is 20.0. The van der Waals surface area contributed by atoms with Gasteiger partial charge in [0.2, 0.25) is 0 Å². The van der Waals surface area contributed by atoms with Crippen LogP contribution in [-0.4, -0.2) is 17.1 Å². The van der Waals surface area contributed by atoms with Crippen LogP contribution in [0, 0.1) is 6.92 Å². The smallest absolute Gasteiger partial charge is 0.261 e. The maximum atomic E-state index is 13.6. The Hall–Kier alpha value is -2.34. The predicted octanol–water partition coefficient (Wildman–Crippen LogP) is 6.83. The molecule has 6 heteroatoms. The quantitative estimate of drug-likeness (QED) is 0.320. The van der Waals surface area contributed by atoms with Gasteiger partial charge in [-0.05, 0) is 48.6 Å². The van der Waals surface area contributed by atoms with Gasteiger partial charge in [-0.15, -0.1) is 11.8 Å². The standard InChI is InChI=1S/C23H19ClN2OS2/c1-15-18(24)12-13-20-21(15)25-23(29-20)26(14-16-8-4-3-5-9-16)22(27)17-10-6-7-11-19(17)28-2/h3-13H,14H2,1-2H3. The number of thiazole rings is 1. The van der Waals surface area contributed by atoms with E-state index in [1.165, 1.54) is 11.3 Å². The molecule has 0 aliphatic carbocycles. The number of hydrogen-bond acceptors (Lipinski definition) is 4. The summed E-state index contributed by atoms with van der Waals surface area (Å²) in [7, 11) is 0. The number of aromatic nitrogens is 1. The summed E-state index contributed by atoms with van der Waals surface area (Å²) in [5.41, 5.74) is 3.52. The Morgan fingerprint density at radius 2 is 1.79 bits per heavy atom. The summed E-state index contributed by atoms with van der Waals surface area (Å²) >= 11 is 9.37. The van der Waals surface area contributed by atoms with E-state index >= 15 is 0 Å². The fourth-order valence-electron chi connectivity index (χ4n) is 3.16. The highest BCUT2D eigenvalue weighted by molar-refractivity contribution is 7.98. The van der Waals surface area contributed by atoms with Crippen LogP contribution in [0.5, 0.6) is 0 Å². The van der Waals surface area contributed by atoms with Crippen molar-refractivity contribution in [1.29, 1.82) is 0 Å². The van der Waals surface area contributed by atoms with Gasteiger partial charge in [0, 0.05) is 9.92 Å². The van der Waals surface area contributed by atoms with Crippen LogP contribution >= 0.6 is 34.7 Å². The van der Waals surface area contributed by atoms with Crippen LogP contribution in [0.15, 0.2) is 71.6 Å². The highest BCUT2D eigenvalue weighted by Gasteiger charge is 2.24. The molecule has 29 heavy (non-hydrogen) atoms. The van der Waals surface area contributed by atoms with Crippen LogP contribution in [0.3, 0.4) is 0 Å². The number of aryl methyl sites for hydroxylation is 1. The van der Waals surface area contributed by atoms with Crippen LogP contribution in [0.1, 0.15) is 21.5 Å². The first-order valence-corrected chi connectivity index (χ1v) is 11.5. The van der Waals surface area contributed by atoms with Crippen molar-refractivity contribution in [2.24, 2.45) is 0 Å². The molecule has 0 aliphatic heterocycles. The number of carbonyl (C=O) groups is 1. The van der Waals surface area contributed by atoms with E-state index < -0.39 is 0 Å². The Balaban J connectivity index is 1.82. The minimum atomic E-state index is -0.0541. The Labute approximate surface area is 183 Å². The van der Waals surface area contributed by atoms with Crippen molar-refractivity contribution >= 4 is 56.0 Å². The summed E-state index contributed by atoms with van der Waals surface area (Å²) in [4.78, 5) is 21.1. The van der Waals surface area contributed by atoms with E-state index in [1.54, 1.807) is 16.7 Å². The van der Waals surface area contributed by atoms with E-state index in [4.69, 9.17) is 16.6 Å². The Morgan fingerprint density at radius 1 is 1.07 bits per heavy atom. The van der Waals surface area contributed by atoms with Gasteiger partial charge in [-0.3, -0.25) is 9.69 Å². The van der Waals surface area contributed by atoms with Gasteiger partial charge < -0.3 is 0 Å². The molecule has 4 aromatic rings. The molecule has 0 fully saturated rings. The molecule has 0 unspecified atom stereocenters. The second kappa shape index (κ2) is 8.57. The number of carbonyl (C=O) groups excluding carboxylic acids is 1. The molecule has 1 heterocycles. The zero-order valence-corrected chi connectivity index (χ0v) is 18.4. The highest BCUT2D eigenvalue weighted by atomic mass is 35.5. The molecule has 0 aliphatic rings. The van der Waals surface area contributed by atoms with Gasteiger partial charge in [-0.25, -0.2) is 4.98 Å². The van der Waals surface area contributed by atoms with Crippen LogP contribution in [0.4, 0.5) is 5.13 Å². The second-order valence-electron chi connectivity index (χ2n) is 6.59. The number of thioether (sulfide) groups is 1. The fourth-order valence-corrected chi connectivity index (χ4v) is 4.93. The number of rotatable bonds is 5. The molecule has 0 saturated carbocycles. The molecule has 0 spiro atoms. The van der Waals surface area contributed by atoms with E-state index in [1.807, 2.05) is 79.9 Å². The SMILES string of the molecule is CSc1ccccc1C(=O)N(Cc1ccccc1)c1nc2c(C)c(Cl)ccc2s1. The molecule has 3 nitrogen and oxygen atoms in total. The van der Waals surface area contributed by atoms with Gasteiger partial charge in [0.05, 0.1) is 22.3 Å². The van der Waals surface area contributed by atoms with Crippen molar-refractivity contribution in [2.75, 3.05) is 11.2 Å². The Kier molecular flexibility index (Phi) is 5.90. The van der Waals surface area contributed by atoms with Crippen molar-refractivity contribution in [3.63, 3.8) is 0 Å². The van der Waals surface area contributed by atoms with Gasteiger partial charge in [0.1, 0.15) is 0 Å². The number of amides is 1. The molecule has 0 N–H and O–H groups in total. The number of nitrogens with zero attached hydrogens (tertiary/aromatic N) is 2. The molecule has 0 saturated heterocycles. The van der Waals surface area contributed by atoms with Gasteiger partial charge in [-0.1, -0.05) is 65.4 Å². The maximum Gasteiger partial charge on any atom is 0.261 e. The Bertz CT molecular complexity index is 1170. The molecule has 146 valence electrons. The van der Waals surface area contributed by atoms with Gasteiger partial charge >= 0.3 is 0 Å². The topological polar surface area (TPSA) is 33.2 Å². The van der Waals surface area contributed by atoms with E-state index in [-0.39, 0.29) is 5.91 Å². The lowest BCUT2D eigenvalue weighted by molar-refractivity contribution is 0.0982. The summed E-state index contributed by atoms with van der Waals surface area (Å²) in [6, 6.07) is 21.5. The zero-order valence-electron chi connectivity index (χ0n) is 16.1. The molecule has 3 aromatic carbocycles. The van der Waals surface area contributed by atoms with Gasteiger partial charge in [0.15, 0.2) is 5.13 Å². The fraction of sp³-hybridized carbons (Fsp3) is 0.130. The van der Waals surface area contributed by atoms with Crippen LogP contribution < -0.4 is 4.90 Å². The minimum Gasteiger partial charge on any atom is -0.279 e. The lowest BCUT2D eigenvalue weighted by Crippen LogP contribution is -2.30. The van der Waals surface area contributed by atoms with Crippen molar-refractivity contribution < 1.29 is 4.79 Å². The van der Waals surface area contributed by atoms with Crippen molar-refractivity contribution in [3.8, 4) is 0 Å². The summed E-state index contributed by atoms with van der Waals surface area (Å²) in [6.07, 6.45) is 1.98. The molecule has 0 radical (unpaired) electrons. The Morgan fingerprint density at radius 3 is 2.55 bits per heavy atom. The zero-order chi connectivity index (χ0) is 20.4. The van der Waals surface area contributed by atoms with Crippen molar-refractivity contribution in [2.45, 2.75) is 18.4 Å². The summed E-state index contributed by atoms with van der Waals surface area (Å²) in [5.74, 6) is -0.0541. The highest BCUT2D eigenvalue weighted by Crippen LogP contribution is 2.35. The number of benzene rings is 3. The minimum absolute atomic E-state index is 0.0541. The third-order valence-corrected chi connectivity index (χ3v) is 6.98. The summed E-state index contributed by atoms with van der Waals surface area (Å²) in [5, 5.41) is 1.36. The molecule has 1 amide bonds. The lowest BCUT2D eigenvalue weighted by Gasteiger charge is -2.21. The molecular weight excluding hydrogens is 420 g/mol. The monoisotopic (exact) mass is 438 g/mol. The number of anilines is 1. The molecule has 4 rings (SSSR count). The van der Waals surface area contributed by atoms with Crippen LogP contribution in [-0.2, 0) is 6.54 Å². The largest absolute Gasteiger partial charge is 0.279 e. The van der Waals surface area contributed by atoms with Gasteiger partial charge in [0.25, 0.3) is 5.91 Å². The third-order valence-electron chi connectivity index (χ3n) is 4.73. The average molecular weight is 439 g/mol. The second-order valence-corrected chi connectivity index (χ2v) is 8.86. The summed E-state index contributed by atoms with van der Waals surface area (Å²) in [6.45, 7) is 2.41. The predicted molar refractivity (Wildman–Crippen MR) is 125 cm³/mol. The molecule has 0 atom stereocenters. The van der Waals surface area contributed by atoms with E-state index in [9.17, 15) is 4.79 Å². The van der Waals surface area contributed by atoms with E-state index in [0.717, 1.165) is 26.2 Å².